The van der Waals surface area contributed by atoms with Crippen molar-refractivity contribution in [1.82, 2.24) is 0 Å². The predicted molar refractivity (Wildman–Crippen MR) is 32.9 cm³/mol. The maximum atomic E-state index is 9.99. The maximum absolute atomic E-state index is 9.99. The van der Waals surface area contributed by atoms with Crippen LogP contribution in [-0.4, -0.2) is 28.9 Å². The Morgan fingerprint density at radius 3 is 1.89 bits per heavy atom. The van der Waals surface area contributed by atoms with E-state index < -0.39 is 20.9 Å². The second kappa shape index (κ2) is 2.83. The molecule has 0 saturated heterocycles. The molecule has 0 heterocycles. The number of hydrogen-bond acceptors (Lipinski definition) is 3. The third kappa shape index (κ3) is 3.00. The van der Waals surface area contributed by atoms with Crippen molar-refractivity contribution >= 4 is 21.7 Å². The summed E-state index contributed by atoms with van der Waals surface area (Å²) in [4.78, 5) is 0. The number of hydrogen-bond donors (Lipinski definition) is 2. The van der Waals surface area contributed by atoms with Gasteiger partial charge in [0.2, 0.25) is 0 Å². The van der Waals surface area contributed by atoms with Crippen LogP contribution in [0.5, 0.6) is 0 Å². The molecule has 0 saturated carbocycles. The Morgan fingerprint density at radius 2 is 1.89 bits per heavy atom. The fourth-order valence-electron chi connectivity index (χ4n) is 0.237. The molecule has 0 aliphatic carbocycles. The van der Waals surface area contributed by atoms with Crippen LogP contribution in [0, 0.1) is 0 Å². The maximum Gasteiger partial charge on any atom is 0.293 e. The summed E-state index contributed by atoms with van der Waals surface area (Å²) in [7, 11) is -4.38. The van der Waals surface area contributed by atoms with Crippen molar-refractivity contribution in [3.8, 4) is 0 Å². The minimum atomic E-state index is -4.38. The lowest BCUT2D eigenvalue weighted by atomic mass is 10.5. The normalized spacial score (nSPS) is 19.1. The topological polar surface area (TPSA) is 74.6 Å². The lowest BCUT2D eigenvalue weighted by Gasteiger charge is -2.07. The van der Waals surface area contributed by atoms with Crippen LogP contribution < -0.4 is 0 Å². The number of halogens is 1. The monoisotopic (exact) mass is 174 g/mol. The highest BCUT2D eigenvalue weighted by atomic mass is 35.5. The van der Waals surface area contributed by atoms with Crippen molar-refractivity contribution in [3.63, 3.8) is 0 Å². The molecule has 9 heavy (non-hydrogen) atoms. The van der Waals surface area contributed by atoms with Crippen LogP contribution in [0.3, 0.4) is 0 Å². The summed E-state index contributed by atoms with van der Waals surface area (Å²) < 4.78 is 28.1. The minimum absolute atomic E-state index is 1.00. The molecule has 56 valence electrons. The molecule has 6 heteroatoms. The first-order valence-corrected chi connectivity index (χ1v) is 4.08. The quantitative estimate of drug-likeness (QED) is 0.450. The van der Waals surface area contributed by atoms with Crippen molar-refractivity contribution in [3.05, 3.63) is 0 Å². The summed E-state index contributed by atoms with van der Waals surface area (Å²) >= 11 is 5.12. The van der Waals surface area contributed by atoms with Gasteiger partial charge in [-0.15, -0.1) is 11.6 Å². The molecule has 2 atom stereocenters. The van der Waals surface area contributed by atoms with Crippen LogP contribution in [0.15, 0.2) is 0 Å². The molecular formula is C3H7ClO4S. The van der Waals surface area contributed by atoms with Gasteiger partial charge in [0, 0.05) is 0 Å². The molecule has 4 nitrogen and oxygen atoms in total. The van der Waals surface area contributed by atoms with Gasteiger partial charge in [0.15, 0.2) is 5.44 Å². The van der Waals surface area contributed by atoms with E-state index >= 15 is 0 Å². The molecule has 0 rings (SSSR count). The Balaban J connectivity index is 4.24. The highest BCUT2D eigenvalue weighted by Gasteiger charge is 2.24. The van der Waals surface area contributed by atoms with Crippen molar-refractivity contribution in [2.75, 3.05) is 0 Å². The second-order valence-electron chi connectivity index (χ2n) is 1.58. The summed E-state index contributed by atoms with van der Waals surface area (Å²) in [5.74, 6) is 0. The first-order chi connectivity index (χ1) is 3.85. The van der Waals surface area contributed by atoms with Crippen molar-refractivity contribution < 1.29 is 18.1 Å². The first kappa shape index (κ1) is 9.16. The molecule has 0 aliphatic rings. The highest BCUT2D eigenvalue weighted by Crippen LogP contribution is 2.06. The van der Waals surface area contributed by atoms with E-state index in [9.17, 15) is 8.42 Å². The van der Waals surface area contributed by atoms with Crippen molar-refractivity contribution in [2.45, 2.75) is 17.7 Å². The van der Waals surface area contributed by atoms with Gasteiger partial charge < -0.3 is 5.11 Å². The van der Waals surface area contributed by atoms with E-state index in [1.54, 1.807) is 0 Å². The van der Waals surface area contributed by atoms with Crippen LogP contribution in [0.25, 0.3) is 0 Å². The van der Waals surface area contributed by atoms with Gasteiger partial charge in [-0.3, -0.25) is 4.55 Å². The zero-order valence-electron chi connectivity index (χ0n) is 4.65. The van der Waals surface area contributed by atoms with E-state index in [0.717, 1.165) is 0 Å². The Kier molecular flexibility index (Phi) is 2.88. The smallest absolute Gasteiger partial charge is 0.293 e. The second-order valence-corrected chi connectivity index (χ2v) is 3.78. The zero-order chi connectivity index (χ0) is 7.65. The van der Waals surface area contributed by atoms with Gasteiger partial charge in [-0.2, -0.15) is 8.42 Å². The van der Waals surface area contributed by atoms with Crippen molar-refractivity contribution in [1.29, 1.82) is 0 Å². The van der Waals surface area contributed by atoms with Gasteiger partial charge >= 0.3 is 0 Å². The van der Waals surface area contributed by atoms with Gasteiger partial charge in [0.1, 0.15) is 0 Å². The zero-order valence-corrected chi connectivity index (χ0v) is 6.22. The molecule has 0 aliphatic heterocycles. The van der Waals surface area contributed by atoms with Crippen LogP contribution in [0.2, 0.25) is 0 Å². The minimum Gasteiger partial charge on any atom is -0.374 e. The number of aliphatic hydroxyl groups excluding tert-OH is 1. The Hall–Kier alpha value is 0.160. The van der Waals surface area contributed by atoms with Crippen LogP contribution in [0.4, 0.5) is 0 Å². The Bertz CT molecular complexity index is 172. The standard InChI is InChI=1S/C3H7ClO4S/c1-2(4)3(5)9(6,7)8/h2-3,5H,1H3,(H,6,7,8). The number of aliphatic hydroxyl groups is 1. The van der Waals surface area contributed by atoms with E-state index in [1.165, 1.54) is 6.92 Å². The molecule has 0 radical (unpaired) electrons. The Morgan fingerprint density at radius 1 is 1.56 bits per heavy atom. The largest absolute Gasteiger partial charge is 0.374 e. The van der Waals surface area contributed by atoms with Crippen molar-refractivity contribution in [2.24, 2.45) is 0 Å². The van der Waals surface area contributed by atoms with Gasteiger partial charge in [-0.25, -0.2) is 0 Å². The van der Waals surface area contributed by atoms with E-state index in [0.29, 0.717) is 0 Å². The van der Waals surface area contributed by atoms with E-state index in [1.807, 2.05) is 0 Å². The SMILES string of the molecule is CC(Cl)C(O)S(=O)(=O)O. The average molecular weight is 175 g/mol. The van der Waals surface area contributed by atoms with Crippen LogP contribution in [0.1, 0.15) is 6.92 Å². The number of alkyl halides is 1. The molecule has 0 amide bonds. The van der Waals surface area contributed by atoms with Gasteiger partial charge in [-0.1, -0.05) is 0 Å². The molecule has 0 spiro atoms. The average Bonchev–Trinajstić information content (AvgIpc) is 1.62. The lowest BCUT2D eigenvalue weighted by molar-refractivity contribution is 0.232. The summed E-state index contributed by atoms with van der Waals surface area (Å²) in [6, 6.07) is 0. The highest BCUT2D eigenvalue weighted by molar-refractivity contribution is 7.86. The molecule has 0 bridgehead atoms. The molecule has 2 unspecified atom stereocenters. The van der Waals surface area contributed by atoms with Gasteiger partial charge in [0.05, 0.1) is 5.38 Å². The van der Waals surface area contributed by atoms with Gasteiger partial charge in [-0.05, 0) is 6.92 Å². The molecule has 2 N–H and O–H groups in total. The molecule has 0 aromatic carbocycles. The number of rotatable bonds is 2. The molecule has 0 aromatic heterocycles. The summed E-state index contributed by atoms with van der Waals surface area (Å²) in [5.41, 5.74) is -1.89. The lowest BCUT2D eigenvalue weighted by Crippen LogP contribution is -2.27. The summed E-state index contributed by atoms with van der Waals surface area (Å²) in [5, 5.41) is 7.49. The Labute approximate surface area is 58.2 Å². The third-order valence-electron chi connectivity index (χ3n) is 0.698. The van der Waals surface area contributed by atoms with Crippen LogP contribution in [-0.2, 0) is 10.1 Å². The third-order valence-corrected chi connectivity index (χ3v) is 2.10. The molecule has 0 fully saturated rings. The fourth-order valence-corrected chi connectivity index (χ4v) is 1.10. The fraction of sp³-hybridized carbons (Fsp3) is 1.00. The van der Waals surface area contributed by atoms with Crippen LogP contribution >= 0.6 is 11.6 Å². The van der Waals surface area contributed by atoms with E-state index in [2.05, 4.69) is 0 Å². The van der Waals surface area contributed by atoms with E-state index in [-0.39, 0.29) is 0 Å². The predicted octanol–water partition coefficient (Wildman–Crippen LogP) is -0.180. The molecular weight excluding hydrogens is 168 g/mol. The first-order valence-electron chi connectivity index (χ1n) is 2.14. The van der Waals surface area contributed by atoms with Gasteiger partial charge in [0.25, 0.3) is 10.1 Å². The van der Waals surface area contributed by atoms with E-state index in [4.69, 9.17) is 21.3 Å². The molecule has 0 aromatic rings. The summed E-state index contributed by atoms with van der Waals surface area (Å²) in [6.07, 6.45) is 0. The summed E-state index contributed by atoms with van der Waals surface area (Å²) in [6.45, 7) is 1.26.